The molecule has 0 aliphatic heterocycles. The molecule has 6 nitrogen and oxygen atoms in total. The molecular weight excluding hydrogens is 865 g/mol. The molecule has 0 N–H and O–H groups in total. The molecule has 70 heavy (non-hydrogen) atoms. The van der Waals surface area contributed by atoms with E-state index < -0.39 is 6.10 Å². The molecule has 0 bridgehead atoms. The van der Waals surface area contributed by atoms with Gasteiger partial charge in [0.2, 0.25) is 0 Å². The summed E-state index contributed by atoms with van der Waals surface area (Å²) in [6.45, 7) is 13.8. The smallest absolute Gasteiger partial charge is 0.306 e. The molecule has 0 spiro atoms. The molecule has 416 valence electrons. The Morgan fingerprint density at radius 2 is 0.414 bits per heavy atom. The second-order valence-electron chi connectivity index (χ2n) is 23.5. The van der Waals surface area contributed by atoms with Crippen LogP contribution in [-0.4, -0.2) is 37.2 Å². The highest BCUT2D eigenvalue weighted by Crippen LogP contribution is 2.19. The predicted molar refractivity (Wildman–Crippen MR) is 303 cm³/mol. The van der Waals surface area contributed by atoms with E-state index in [4.69, 9.17) is 14.2 Å². The average Bonchev–Trinajstić information content (AvgIpc) is 3.32. The van der Waals surface area contributed by atoms with Crippen LogP contribution in [-0.2, 0) is 28.6 Å². The van der Waals surface area contributed by atoms with Gasteiger partial charge < -0.3 is 14.2 Å². The molecule has 6 heteroatoms. The molecule has 0 aliphatic rings. The van der Waals surface area contributed by atoms with Gasteiger partial charge in [0.1, 0.15) is 13.2 Å². The van der Waals surface area contributed by atoms with Crippen LogP contribution < -0.4 is 0 Å². The van der Waals surface area contributed by atoms with E-state index in [0.717, 1.165) is 75.5 Å². The molecule has 0 heterocycles. The number of hydrogen-bond acceptors (Lipinski definition) is 6. The van der Waals surface area contributed by atoms with Gasteiger partial charge >= 0.3 is 17.9 Å². The fraction of sp³-hybridized carbons (Fsp3) is 0.953. The van der Waals surface area contributed by atoms with Crippen molar-refractivity contribution in [1.82, 2.24) is 0 Å². The van der Waals surface area contributed by atoms with E-state index in [0.29, 0.717) is 19.3 Å². The first-order valence-electron chi connectivity index (χ1n) is 31.6. The van der Waals surface area contributed by atoms with Crippen molar-refractivity contribution in [3.63, 3.8) is 0 Å². The third-order valence-corrected chi connectivity index (χ3v) is 14.6. The lowest BCUT2D eigenvalue weighted by Gasteiger charge is -2.18. The number of hydrogen-bond donors (Lipinski definition) is 0. The Balaban J connectivity index is 4.30. The summed E-state index contributed by atoms with van der Waals surface area (Å²) in [7, 11) is 0. The maximum absolute atomic E-state index is 12.9. The molecule has 0 unspecified atom stereocenters. The van der Waals surface area contributed by atoms with Crippen molar-refractivity contribution in [3.8, 4) is 0 Å². The molecule has 0 saturated carbocycles. The topological polar surface area (TPSA) is 78.9 Å². The van der Waals surface area contributed by atoms with Crippen LogP contribution >= 0.6 is 0 Å². The summed E-state index contributed by atoms with van der Waals surface area (Å²) in [6, 6.07) is 0. The Kier molecular flexibility index (Phi) is 53.9. The molecule has 0 aromatic carbocycles. The molecule has 0 aliphatic carbocycles. The average molecular weight is 990 g/mol. The molecule has 0 saturated heterocycles. The zero-order chi connectivity index (χ0) is 51.2. The van der Waals surface area contributed by atoms with Crippen LogP contribution in [0.3, 0.4) is 0 Å². The van der Waals surface area contributed by atoms with Gasteiger partial charge in [0.25, 0.3) is 0 Å². The molecular formula is C64H124O6. The number of carbonyl (C=O) groups excluding carboxylic acids is 3. The van der Waals surface area contributed by atoms with Crippen LogP contribution in [0.25, 0.3) is 0 Å². The minimum Gasteiger partial charge on any atom is -0.462 e. The zero-order valence-corrected chi connectivity index (χ0v) is 48.3. The SMILES string of the molecule is CC(C)CCCCCCCCCCCCCCCCCC(=O)OC[C@H](COC(=O)CCCCCCCCCCCCCCCC(C)C)OC(=O)CCCCCCCCCCCCCCCCCC(C)C. The van der Waals surface area contributed by atoms with Crippen LogP contribution in [0.15, 0.2) is 0 Å². The van der Waals surface area contributed by atoms with Crippen molar-refractivity contribution >= 4 is 17.9 Å². The van der Waals surface area contributed by atoms with Crippen molar-refractivity contribution in [1.29, 1.82) is 0 Å². The van der Waals surface area contributed by atoms with Gasteiger partial charge in [-0.3, -0.25) is 14.4 Å². The first-order valence-corrected chi connectivity index (χ1v) is 31.6. The summed E-state index contributed by atoms with van der Waals surface area (Å²) >= 11 is 0. The Bertz CT molecular complexity index is 1090. The number of rotatable bonds is 57. The molecule has 0 rings (SSSR count). The van der Waals surface area contributed by atoms with Crippen LogP contribution in [0, 0.1) is 17.8 Å². The highest BCUT2D eigenvalue weighted by Gasteiger charge is 2.19. The standard InChI is InChI=1S/C64H124O6/c1-58(2)50-44-38-32-26-20-14-9-7-11-17-23-29-35-41-47-53-62(65)68-56-61(57-69-63(66)54-48-42-36-30-24-19-13-16-22-28-34-40-46-52-60(5)6)70-64(67)55-49-43-37-31-25-18-12-8-10-15-21-27-33-39-45-51-59(3)4/h58-61H,7-57H2,1-6H3/t61-/m1/s1. The summed E-state index contributed by atoms with van der Waals surface area (Å²) in [5, 5.41) is 0. The number of unbranched alkanes of at least 4 members (excludes halogenated alkanes) is 40. The summed E-state index contributed by atoms with van der Waals surface area (Å²) in [5.41, 5.74) is 0. The molecule has 0 fully saturated rings. The molecule has 1 atom stereocenters. The summed E-state index contributed by atoms with van der Waals surface area (Å²) < 4.78 is 17.0. The maximum Gasteiger partial charge on any atom is 0.306 e. The van der Waals surface area contributed by atoms with Crippen molar-refractivity contribution < 1.29 is 28.6 Å². The minimum atomic E-state index is -0.764. The van der Waals surface area contributed by atoms with Gasteiger partial charge in [-0.15, -0.1) is 0 Å². The first-order chi connectivity index (χ1) is 34.1. The van der Waals surface area contributed by atoms with Gasteiger partial charge in [0.05, 0.1) is 0 Å². The normalized spacial score (nSPS) is 12.1. The van der Waals surface area contributed by atoms with Gasteiger partial charge in [-0.1, -0.05) is 318 Å². The second-order valence-corrected chi connectivity index (χ2v) is 23.5. The van der Waals surface area contributed by atoms with E-state index in [1.807, 2.05) is 0 Å². The Morgan fingerprint density at radius 3 is 0.614 bits per heavy atom. The number of ether oxygens (including phenoxy) is 3. The molecule has 0 amide bonds. The lowest BCUT2D eigenvalue weighted by atomic mass is 10.0. The largest absolute Gasteiger partial charge is 0.462 e. The Hall–Kier alpha value is -1.59. The van der Waals surface area contributed by atoms with E-state index in [1.54, 1.807) is 0 Å². The zero-order valence-electron chi connectivity index (χ0n) is 48.3. The van der Waals surface area contributed by atoms with Crippen LogP contribution in [0.1, 0.15) is 356 Å². The third-order valence-electron chi connectivity index (χ3n) is 14.6. The number of carbonyl (C=O) groups is 3. The minimum absolute atomic E-state index is 0.0626. The van der Waals surface area contributed by atoms with Crippen LogP contribution in [0.4, 0.5) is 0 Å². The molecule has 0 aromatic rings. The fourth-order valence-electron chi connectivity index (χ4n) is 9.88. The van der Waals surface area contributed by atoms with Gasteiger partial charge in [-0.05, 0) is 37.0 Å². The van der Waals surface area contributed by atoms with E-state index >= 15 is 0 Å². The van der Waals surface area contributed by atoms with E-state index in [9.17, 15) is 14.4 Å². The van der Waals surface area contributed by atoms with Crippen molar-refractivity contribution in [2.24, 2.45) is 17.8 Å². The fourth-order valence-corrected chi connectivity index (χ4v) is 9.88. The lowest BCUT2D eigenvalue weighted by Crippen LogP contribution is -2.30. The van der Waals surface area contributed by atoms with Gasteiger partial charge in [0, 0.05) is 19.3 Å². The highest BCUT2D eigenvalue weighted by atomic mass is 16.6. The Labute approximate surface area is 438 Å². The molecule has 0 radical (unpaired) electrons. The lowest BCUT2D eigenvalue weighted by molar-refractivity contribution is -0.167. The quantitative estimate of drug-likeness (QED) is 0.0343. The van der Waals surface area contributed by atoms with Crippen LogP contribution in [0.2, 0.25) is 0 Å². The molecule has 0 aromatic heterocycles. The van der Waals surface area contributed by atoms with Crippen molar-refractivity contribution in [2.45, 2.75) is 362 Å². The maximum atomic E-state index is 12.9. The van der Waals surface area contributed by atoms with Crippen LogP contribution in [0.5, 0.6) is 0 Å². The highest BCUT2D eigenvalue weighted by molar-refractivity contribution is 5.71. The third kappa shape index (κ3) is 57.3. The van der Waals surface area contributed by atoms with E-state index in [1.165, 1.54) is 238 Å². The van der Waals surface area contributed by atoms with Gasteiger partial charge in [-0.2, -0.15) is 0 Å². The van der Waals surface area contributed by atoms with Gasteiger partial charge in [0.15, 0.2) is 6.10 Å². The summed E-state index contributed by atoms with van der Waals surface area (Å²) in [4.78, 5) is 38.3. The van der Waals surface area contributed by atoms with E-state index in [2.05, 4.69) is 41.5 Å². The Morgan fingerprint density at radius 1 is 0.243 bits per heavy atom. The van der Waals surface area contributed by atoms with E-state index in [-0.39, 0.29) is 31.1 Å². The summed E-state index contributed by atoms with van der Waals surface area (Å²) in [5.74, 6) is 1.70. The predicted octanol–water partition coefficient (Wildman–Crippen LogP) is 21.1. The summed E-state index contributed by atoms with van der Waals surface area (Å²) in [6.07, 6.45) is 59.6. The van der Waals surface area contributed by atoms with Crippen molar-refractivity contribution in [2.75, 3.05) is 13.2 Å². The monoisotopic (exact) mass is 989 g/mol. The van der Waals surface area contributed by atoms with Gasteiger partial charge in [-0.25, -0.2) is 0 Å². The second kappa shape index (κ2) is 55.2. The number of esters is 3. The first kappa shape index (κ1) is 68.4. The van der Waals surface area contributed by atoms with Crippen molar-refractivity contribution in [3.05, 3.63) is 0 Å².